The highest BCUT2D eigenvalue weighted by Crippen LogP contribution is 2.16. The van der Waals surface area contributed by atoms with Crippen LogP contribution < -0.4 is 0 Å². The van der Waals surface area contributed by atoms with Crippen LogP contribution in [-0.2, 0) is 32.3 Å². The molecule has 1 aliphatic heterocycles. The predicted octanol–water partition coefficient (Wildman–Crippen LogP) is 3.77. The zero-order valence-electron chi connectivity index (χ0n) is 18.4. The van der Waals surface area contributed by atoms with Crippen molar-refractivity contribution in [3.8, 4) is 0 Å². The number of amides is 2. The largest absolute Gasteiger partial charge is 0.461 e. The fourth-order valence-corrected chi connectivity index (χ4v) is 3.62. The molecule has 170 valence electrons. The molecular weight excluding hydrogens is 408 g/mol. The monoisotopic (exact) mass is 438 g/mol. The molecule has 1 unspecified atom stereocenters. The maximum atomic E-state index is 13.2. The van der Waals surface area contributed by atoms with Crippen molar-refractivity contribution < 1.29 is 23.9 Å². The van der Waals surface area contributed by atoms with Gasteiger partial charge in [-0.3, -0.25) is 14.5 Å². The fourth-order valence-electron chi connectivity index (χ4n) is 3.62. The van der Waals surface area contributed by atoms with Gasteiger partial charge in [-0.25, -0.2) is 4.79 Å². The maximum absolute atomic E-state index is 13.2. The predicted molar refractivity (Wildman–Crippen MR) is 119 cm³/mol. The average Bonchev–Trinajstić information content (AvgIpc) is 2.85. The minimum atomic E-state index is -0.973. The number of ether oxygens (including phenoxy) is 2. The lowest BCUT2D eigenvalue weighted by atomic mass is 10.1. The van der Waals surface area contributed by atoms with Crippen molar-refractivity contribution in [3.05, 3.63) is 71.8 Å². The Hall–Kier alpha value is -3.35. The van der Waals surface area contributed by atoms with Gasteiger partial charge < -0.3 is 14.4 Å². The number of carbonyl (C=O) groups is 3. The second kappa shape index (κ2) is 11.9. The Morgan fingerprint density at radius 2 is 1.38 bits per heavy atom. The molecule has 1 fully saturated rings. The molecule has 1 atom stereocenters. The van der Waals surface area contributed by atoms with Crippen LogP contribution in [0.4, 0.5) is 4.79 Å². The highest BCUT2D eigenvalue weighted by atomic mass is 16.6. The first-order valence-electron chi connectivity index (χ1n) is 11.0. The maximum Gasteiger partial charge on any atom is 0.410 e. The lowest BCUT2D eigenvalue weighted by Crippen LogP contribution is -2.51. The summed E-state index contributed by atoms with van der Waals surface area (Å²) >= 11 is 0. The highest BCUT2D eigenvalue weighted by Gasteiger charge is 2.34. The van der Waals surface area contributed by atoms with Crippen LogP contribution in [0.25, 0.3) is 0 Å². The Labute approximate surface area is 188 Å². The first-order chi connectivity index (χ1) is 15.5. The Morgan fingerprint density at radius 1 is 0.844 bits per heavy atom. The third kappa shape index (κ3) is 6.83. The first-order valence-corrected chi connectivity index (χ1v) is 11.0. The van der Waals surface area contributed by atoms with Gasteiger partial charge in [-0.15, -0.1) is 0 Å². The summed E-state index contributed by atoms with van der Waals surface area (Å²) in [5.41, 5.74) is 1.70. The molecule has 0 N–H and O–H groups in total. The van der Waals surface area contributed by atoms with Crippen LogP contribution in [-0.4, -0.2) is 53.9 Å². The van der Waals surface area contributed by atoms with E-state index in [0.29, 0.717) is 13.1 Å². The van der Waals surface area contributed by atoms with Gasteiger partial charge in [-0.1, -0.05) is 60.7 Å². The van der Waals surface area contributed by atoms with E-state index in [1.807, 2.05) is 60.7 Å². The number of rotatable bonds is 8. The highest BCUT2D eigenvalue weighted by molar-refractivity contribution is 5.89. The minimum Gasteiger partial charge on any atom is -0.461 e. The second-order valence-corrected chi connectivity index (χ2v) is 7.90. The van der Waals surface area contributed by atoms with Crippen molar-refractivity contribution in [3.63, 3.8) is 0 Å². The Morgan fingerprint density at radius 3 is 1.94 bits per heavy atom. The van der Waals surface area contributed by atoms with Gasteiger partial charge in [0.2, 0.25) is 5.91 Å². The Balaban J connectivity index is 1.63. The van der Waals surface area contributed by atoms with Crippen LogP contribution in [0.5, 0.6) is 0 Å². The zero-order chi connectivity index (χ0) is 22.8. The van der Waals surface area contributed by atoms with E-state index < -0.39 is 18.1 Å². The number of carbonyl (C=O) groups excluding carboxylic acids is 3. The molecule has 1 heterocycles. The number of piperidine rings is 1. The van der Waals surface area contributed by atoms with E-state index in [1.54, 1.807) is 4.90 Å². The van der Waals surface area contributed by atoms with Gasteiger partial charge in [0.1, 0.15) is 19.3 Å². The zero-order valence-corrected chi connectivity index (χ0v) is 18.4. The summed E-state index contributed by atoms with van der Waals surface area (Å²) in [5, 5.41) is 0. The summed E-state index contributed by atoms with van der Waals surface area (Å²) in [6.07, 6.45) is 2.03. The van der Waals surface area contributed by atoms with E-state index in [-0.39, 0.29) is 25.5 Å². The molecule has 1 saturated heterocycles. The van der Waals surface area contributed by atoms with E-state index in [2.05, 4.69) is 0 Å². The van der Waals surface area contributed by atoms with Crippen molar-refractivity contribution in [2.45, 2.75) is 44.9 Å². The van der Waals surface area contributed by atoms with Gasteiger partial charge in [-0.2, -0.15) is 0 Å². The third-order valence-corrected chi connectivity index (χ3v) is 5.52. The fraction of sp³-hybridized carbons (Fsp3) is 0.400. The van der Waals surface area contributed by atoms with Crippen molar-refractivity contribution in [2.75, 3.05) is 20.1 Å². The van der Waals surface area contributed by atoms with Crippen LogP contribution in [0.2, 0.25) is 0 Å². The van der Waals surface area contributed by atoms with Crippen molar-refractivity contribution >= 4 is 18.0 Å². The topological polar surface area (TPSA) is 76.1 Å². The number of hydrogen-bond donors (Lipinski definition) is 0. The van der Waals surface area contributed by atoms with Gasteiger partial charge in [-0.05, 0) is 30.4 Å². The van der Waals surface area contributed by atoms with Crippen molar-refractivity contribution in [1.82, 2.24) is 9.80 Å². The van der Waals surface area contributed by atoms with Gasteiger partial charge in [0, 0.05) is 20.1 Å². The summed E-state index contributed by atoms with van der Waals surface area (Å²) in [6, 6.07) is 17.7. The van der Waals surface area contributed by atoms with E-state index in [4.69, 9.17) is 9.47 Å². The molecule has 0 spiro atoms. The standard InChI is InChI=1S/C25H30N2O5/c1-26(25(30)32-19-21-13-7-3-8-14-21)22(24(29)27-15-9-4-10-16-27)17-23(28)31-18-20-11-5-2-6-12-20/h2-3,5-8,11-14,22H,4,9-10,15-19H2,1H3. The smallest absolute Gasteiger partial charge is 0.410 e. The van der Waals surface area contributed by atoms with E-state index in [0.717, 1.165) is 30.4 Å². The van der Waals surface area contributed by atoms with E-state index >= 15 is 0 Å². The van der Waals surface area contributed by atoms with Gasteiger partial charge >= 0.3 is 12.1 Å². The number of likely N-dealkylation sites (N-methyl/N-ethyl adjacent to an activating group) is 1. The number of benzene rings is 2. The minimum absolute atomic E-state index is 0.0904. The van der Waals surface area contributed by atoms with Crippen LogP contribution in [0.15, 0.2) is 60.7 Å². The summed E-state index contributed by atoms with van der Waals surface area (Å²) < 4.78 is 10.8. The van der Waals surface area contributed by atoms with Gasteiger partial charge in [0.25, 0.3) is 0 Å². The molecule has 1 aliphatic rings. The molecule has 3 rings (SSSR count). The first kappa shape index (κ1) is 23.3. The van der Waals surface area contributed by atoms with Crippen molar-refractivity contribution in [1.29, 1.82) is 0 Å². The molecule has 0 saturated carbocycles. The van der Waals surface area contributed by atoms with E-state index in [1.165, 1.54) is 11.9 Å². The molecule has 7 heteroatoms. The van der Waals surface area contributed by atoms with Crippen LogP contribution >= 0.6 is 0 Å². The molecule has 2 aromatic rings. The third-order valence-electron chi connectivity index (χ3n) is 5.52. The van der Waals surface area contributed by atoms with E-state index in [9.17, 15) is 14.4 Å². The second-order valence-electron chi connectivity index (χ2n) is 7.90. The van der Waals surface area contributed by atoms with Gasteiger partial charge in [0.15, 0.2) is 0 Å². The molecule has 7 nitrogen and oxygen atoms in total. The Bertz CT molecular complexity index is 882. The number of nitrogens with zero attached hydrogens (tertiary/aromatic N) is 2. The Kier molecular flexibility index (Phi) is 8.66. The summed E-state index contributed by atoms with van der Waals surface area (Å²) in [6.45, 7) is 1.46. The number of likely N-dealkylation sites (tertiary alicyclic amines) is 1. The quantitative estimate of drug-likeness (QED) is 0.587. The van der Waals surface area contributed by atoms with Crippen LogP contribution in [0, 0.1) is 0 Å². The normalized spacial score (nSPS) is 14.3. The average molecular weight is 439 g/mol. The summed E-state index contributed by atoms with van der Waals surface area (Å²) in [5.74, 6) is -0.785. The van der Waals surface area contributed by atoms with Gasteiger partial charge in [0.05, 0.1) is 6.42 Å². The molecule has 2 aromatic carbocycles. The number of hydrogen-bond acceptors (Lipinski definition) is 5. The van der Waals surface area contributed by atoms with Crippen molar-refractivity contribution in [2.24, 2.45) is 0 Å². The number of esters is 1. The SMILES string of the molecule is CN(C(=O)OCc1ccccc1)C(CC(=O)OCc1ccccc1)C(=O)N1CCCCC1. The lowest BCUT2D eigenvalue weighted by Gasteiger charge is -2.33. The molecule has 0 aromatic heterocycles. The van der Waals surface area contributed by atoms with Crippen LogP contribution in [0.3, 0.4) is 0 Å². The lowest BCUT2D eigenvalue weighted by molar-refractivity contribution is -0.150. The molecular formula is C25H30N2O5. The molecule has 32 heavy (non-hydrogen) atoms. The molecule has 0 radical (unpaired) electrons. The molecule has 0 bridgehead atoms. The molecule has 2 amide bonds. The van der Waals surface area contributed by atoms with Crippen LogP contribution in [0.1, 0.15) is 36.8 Å². The summed E-state index contributed by atoms with van der Waals surface area (Å²) in [7, 11) is 1.49. The summed E-state index contributed by atoms with van der Waals surface area (Å²) in [4.78, 5) is 41.4. The molecule has 0 aliphatic carbocycles.